The van der Waals surface area contributed by atoms with Gasteiger partial charge in [-0.25, -0.2) is 9.97 Å². The number of hydrogen-bond acceptors (Lipinski definition) is 4. The van der Waals surface area contributed by atoms with E-state index in [9.17, 15) is 0 Å². The lowest BCUT2D eigenvalue weighted by molar-refractivity contribution is 0.443. The van der Waals surface area contributed by atoms with E-state index < -0.39 is 0 Å². The van der Waals surface area contributed by atoms with Crippen molar-refractivity contribution < 1.29 is 0 Å². The predicted octanol–water partition coefficient (Wildman–Crippen LogP) is 1.74. The van der Waals surface area contributed by atoms with E-state index in [2.05, 4.69) is 20.6 Å². The molecule has 0 unspecified atom stereocenters. The van der Waals surface area contributed by atoms with Gasteiger partial charge in [0.25, 0.3) is 0 Å². The molecule has 1 saturated carbocycles. The molecule has 0 aromatic carbocycles. The Morgan fingerprint density at radius 1 is 1.31 bits per heavy atom. The zero-order valence-electron chi connectivity index (χ0n) is 9.09. The zero-order valence-corrected chi connectivity index (χ0v) is 9.85. The Kier molecular flexibility index (Phi) is 2.69. The molecule has 0 atom stereocenters. The van der Waals surface area contributed by atoms with Crippen molar-refractivity contribution in [1.29, 1.82) is 0 Å². The van der Waals surface area contributed by atoms with Crippen LogP contribution < -0.4 is 10.6 Å². The van der Waals surface area contributed by atoms with Crippen molar-refractivity contribution in [3.05, 3.63) is 16.5 Å². The topological polar surface area (TPSA) is 49.8 Å². The third-order valence-corrected chi connectivity index (χ3v) is 3.52. The summed E-state index contributed by atoms with van der Waals surface area (Å²) in [4.78, 5) is 8.61. The van der Waals surface area contributed by atoms with Crippen molar-refractivity contribution >= 4 is 17.4 Å². The third-order valence-electron chi connectivity index (χ3n) is 3.35. The normalized spacial score (nSPS) is 20.1. The molecule has 0 saturated heterocycles. The first kappa shape index (κ1) is 10.3. The summed E-state index contributed by atoms with van der Waals surface area (Å²) < 4.78 is 0. The molecule has 1 aliphatic heterocycles. The van der Waals surface area contributed by atoms with E-state index in [0.717, 1.165) is 31.0 Å². The highest BCUT2D eigenvalue weighted by Gasteiger charge is 2.22. The minimum absolute atomic E-state index is 0.363. The lowest BCUT2D eigenvalue weighted by atomic mass is 9.93. The fourth-order valence-electron chi connectivity index (χ4n) is 2.18. The van der Waals surface area contributed by atoms with Crippen LogP contribution in [0.15, 0.2) is 0 Å². The molecule has 1 aliphatic carbocycles. The second kappa shape index (κ2) is 4.18. The van der Waals surface area contributed by atoms with Crippen LogP contribution in [0.25, 0.3) is 0 Å². The number of anilines is 1. The summed E-state index contributed by atoms with van der Waals surface area (Å²) in [5.74, 6) is 0.937. The molecule has 2 N–H and O–H groups in total. The van der Waals surface area contributed by atoms with Gasteiger partial charge in [0.2, 0.25) is 5.28 Å². The summed E-state index contributed by atoms with van der Waals surface area (Å²) in [5, 5.41) is 7.18. The lowest BCUT2D eigenvalue weighted by Gasteiger charge is -2.29. The van der Waals surface area contributed by atoms with E-state index in [1.165, 1.54) is 24.8 Å². The summed E-state index contributed by atoms with van der Waals surface area (Å²) in [7, 11) is 0. The highest BCUT2D eigenvalue weighted by Crippen LogP contribution is 2.27. The lowest BCUT2D eigenvalue weighted by Crippen LogP contribution is -2.31. The monoisotopic (exact) mass is 238 g/mol. The van der Waals surface area contributed by atoms with Crippen molar-refractivity contribution in [2.75, 3.05) is 11.9 Å². The molecule has 0 spiro atoms. The van der Waals surface area contributed by atoms with Gasteiger partial charge in [-0.15, -0.1) is 0 Å². The van der Waals surface area contributed by atoms with Gasteiger partial charge in [0.15, 0.2) is 0 Å². The fraction of sp³-hybridized carbons (Fsp3) is 0.636. The molecular weight excluding hydrogens is 224 g/mol. The maximum absolute atomic E-state index is 5.94. The third kappa shape index (κ3) is 1.87. The Labute approximate surface area is 99.8 Å². The number of aromatic nitrogens is 2. The van der Waals surface area contributed by atoms with Crippen LogP contribution in [0.1, 0.15) is 30.5 Å². The van der Waals surface area contributed by atoms with E-state index in [0.29, 0.717) is 11.3 Å². The number of rotatable bonds is 2. The van der Waals surface area contributed by atoms with Gasteiger partial charge in [0.05, 0.1) is 5.69 Å². The zero-order chi connectivity index (χ0) is 11.0. The first-order valence-electron chi connectivity index (χ1n) is 5.85. The van der Waals surface area contributed by atoms with Gasteiger partial charge in [-0.3, -0.25) is 0 Å². The first-order valence-corrected chi connectivity index (χ1v) is 6.23. The van der Waals surface area contributed by atoms with E-state index in [-0.39, 0.29) is 0 Å². The Morgan fingerprint density at radius 3 is 2.94 bits per heavy atom. The molecule has 5 heteroatoms. The SMILES string of the molecule is Clc1nc2c(c(NC3CCC3)n1)CNCC2. The Balaban J connectivity index is 1.91. The predicted molar refractivity (Wildman–Crippen MR) is 63.7 cm³/mol. The van der Waals surface area contributed by atoms with Gasteiger partial charge in [-0.2, -0.15) is 0 Å². The smallest absolute Gasteiger partial charge is 0.224 e. The van der Waals surface area contributed by atoms with Crippen LogP contribution in [0.3, 0.4) is 0 Å². The summed E-state index contributed by atoms with van der Waals surface area (Å²) >= 11 is 5.94. The summed E-state index contributed by atoms with van der Waals surface area (Å²) in [6, 6.07) is 0.581. The maximum Gasteiger partial charge on any atom is 0.224 e. The molecule has 16 heavy (non-hydrogen) atoms. The Bertz CT molecular complexity index is 403. The minimum Gasteiger partial charge on any atom is -0.367 e. The first-order chi connectivity index (χ1) is 7.83. The summed E-state index contributed by atoms with van der Waals surface area (Å²) in [5.41, 5.74) is 2.29. The van der Waals surface area contributed by atoms with Crippen LogP contribution in [-0.2, 0) is 13.0 Å². The quantitative estimate of drug-likeness (QED) is 0.771. The van der Waals surface area contributed by atoms with Gasteiger partial charge in [0.1, 0.15) is 5.82 Å². The van der Waals surface area contributed by atoms with Crippen LogP contribution in [0.2, 0.25) is 5.28 Å². The van der Waals surface area contributed by atoms with Crippen molar-refractivity contribution in [1.82, 2.24) is 15.3 Å². The van der Waals surface area contributed by atoms with Crippen molar-refractivity contribution in [2.24, 2.45) is 0 Å². The molecule has 1 aromatic heterocycles. The van der Waals surface area contributed by atoms with E-state index in [1.807, 2.05) is 0 Å². The van der Waals surface area contributed by atoms with Gasteiger partial charge in [-0.1, -0.05) is 0 Å². The molecule has 2 heterocycles. The number of nitrogens with zero attached hydrogens (tertiary/aromatic N) is 2. The molecule has 2 aliphatic rings. The molecule has 4 nitrogen and oxygen atoms in total. The van der Waals surface area contributed by atoms with Gasteiger partial charge in [-0.05, 0) is 30.9 Å². The maximum atomic E-state index is 5.94. The molecule has 0 amide bonds. The van der Waals surface area contributed by atoms with Crippen LogP contribution in [0.5, 0.6) is 0 Å². The van der Waals surface area contributed by atoms with Crippen molar-refractivity contribution in [3.8, 4) is 0 Å². The average molecular weight is 239 g/mol. The van der Waals surface area contributed by atoms with E-state index >= 15 is 0 Å². The van der Waals surface area contributed by atoms with E-state index in [1.54, 1.807) is 0 Å². The highest BCUT2D eigenvalue weighted by molar-refractivity contribution is 6.28. The molecular formula is C11H15ClN4. The van der Waals surface area contributed by atoms with Gasteiger partial charge >= 0.3 is 0 Å². The molecule has 0 radical (unpaired) electrons. The standard InChI is InChI=1S/C11H15ClN4/c12-11-15-9-4-5-13-6-8(9)10(16-11)14-7-2-1-3-7/h7,13H,1-6H2,(H,14,15,16). The second-order valence-corrected chi connectivity index (χ2v) is 4.80. The fourth-order valence-corrected chi connectivity index (χ4v) is 2.36. The summed E-state index contributed by atoms with van der Waals surface area (Å²) in [6.07, 6.45) is 4.74. The number of nitrogens with one attached hydrogen (secondary N) is 2. The Morgan fingerprint density at radius 2 is 2.19 bits per heavy atom. The van der Waals surface area contributed by atoms with Gasteiger partial charge in [0, 0.05) is 31.1 Å². The minimum atomic E-state index is 0.363. The summed E-state index contributed by atoms with van der Waals surface area (Å²) in [6.45, 7) is 1.82. The van der Waals surface area contributed by atoms with E-state index in [4.69, 9.17) is 11.6 Å². The average Bonchev–Trinajstić information content (AvgIpc) is 2.23. The molecule has 0 bridgehead atoms. The number of fused-ring (bicyclic) bond motifs is 1. The number of halogens is 1. The molecule has 86 valence electrons. The highest BCUT2D eigenvalue weighted by atomic mass is 35.5. The van der Waals surface area contributed by atoms with Gasteiger partial charge < -0.3 is 10.6 Å². The molecule has 1 aromatic rings. The largest absolute Gasteiger partial charge is 0.367 e. The second-order valence-electron chi connectivity index (χ2n) is 4.47. The Hall–Kier alpha value is -0.870. The van der Waals surface area contributed by atoms with Crippen LogP contribution in [-0.4, -0.2) is 22.6 Å². The molecule has 3 rings (SSSR count). The van der Waals surface area contributed by atoms with Crippen molar-refractivity contribution in [2.45, 2.75) is 38.3 Å². The molecule has 1 fully saturated rings. The number of hydrogen-bond donors (Lipinski definition) is 2. The van der Waals surface area contributed by atoms with Crippen LogP contribution >= 0.6 is 11.6 Å². The van der Waals surface area contributed by atoms with Crippen molar-refractivity contribution in [3.63, 3.8) is 0 Å². The van der Waals surface area contributed by atoms with Crippen LogP contribution in [0.4, 0.5) is 5.82 Å². The van der Waals surface area contributed by atoms with Crippen LogP contribution in [0, 0.1) is 0 Å².